The molecular formula is C24H32O10. The summed E-state index contributed by atoms with van der Waals surface area (Å²) < 4.78 is 33.8. The van der Waals surface area contributed by atoms with Crippen LogP contribution in [0.3, 0.4) is 0 Å². The van der Waals surface area contributed by atoms with Crippen molar-refractivity contribution < 1.29 is 47.6 Å². The molecule has 0 N–H and O–H groups in total. The molecule has 1 heterocycles. The van der Waals surface area contributed by atoms with Gasteiger partial charge in [-0.1, -0.05) is 38.1 Å². The summed E-state index contributed by atoms with van der Waals surface area (Å²) in [5, 5.41) is 0. The third-order valence-corrected chi connectivity index (χ3v) is 5.30. The minimum absolute atomic E-state index is 0.152. The smallest absolute Gasteiger partial charge is 0.303 e. The molecule has 10 heteroatoms. The summed E-state index contributed by atoms with van der Waals surface area (Å²) >= 11 is 0. The Morgan fingerprint density at radius 2 is 1.50 bits per heavy atom. The van der Waals surface area contributed by atoms with E-state index >= 15 is 0 Å². The van der Waals surface area contributed by atoms with Gasteiger partial charge in [0.15, 0.2) is 12.2 Å². The molecule has 2 rings (SSSR count). The van der Waals surface area contributed by atoms with Crippen LogP contribution in [-0.2, 0) is 53.4 Å². The molecule has 1 aliphatic heterocycles. The van der Waals surface area contributed by atoms with Gasteiger partial charge in [0.25, 0.3) is 0 Å². The lowest BCUT2D eigenvalue weighted by molar-refractivity contribution is -0.367. The molecule has 0 aliphatic carbocycles. The fraction of sp³-hybridized carbons (Fsp3) is 0.583. The predicted octanol–water partition coefficient (Wildman–Crippen LogP) is 2.37. The van der Waals surface area contributed by atoms with Crippen LogP contribution in [0.5, 0.6) is 0 Å². The number of methoxy groups -OCH3 is 1. The van der Waals surface area contributed by atoms with Gasteiger partial charge in [0.05, 0.1) is 0 Å². The summed E-state index contributed by atoms with van der Waals surface area (Å²) in [4.78, 5) is 47.6. The Hall–Kier alpha value is -2.98. The number of rotatable bonds is 8. The Morgan fingerprint density at radius 1 is 0.912 bits per heavy atom. The van der Waals surface area contributed by atoms with E-state index in [1.807, 2.05) is 26.0 Å². The van der Waals surface area contributed by atoms with E-state index in [-0.39, 0.29) is 12.5 Å². The van der Waals surface area contributed by atoms with Gasteiger partial charge in [-0.15, -0.1) is 0 Å². The first-order valence-electron chi connectivity index (χ1n) is 10.9. The topological polar surface area (TPSA) is 124 Å². The monoisotopic (exact) mass is 480 g/mol. The third kappa shape index (κ3) is 6.32. The Labute approximate surface area is 198 Å². The van der Waals surface area contributed by atoms with E-state index in [4.69, 9.17) is 28.4 Å². The number of carbonyl (C=O) groups excluding carboxylic acids is 4. The molecule has 188 valence electrons. The highest BCUT2D eigenvalue weighted by atomic mass is 16.7. The maximum absolute atomic E-state index is 12.1. The molecule has 0 spiro atoms. The minimum Gasteiger partial charge on any atom is -0.463 e. The van der Waals surface area contributed by atoms with Gasteiger partial charge in [-0.25, -0.2) is 0 Å². The normalized spacial score (nSPS) is 26.5. The zero-order valence-corrected chi connectivity index (χ0v) is 20.5. The Bertz CT molecular complexity index is 911. The summed E-state index contributed by atoms with van der Waals surface area (Å²) in [6.45, 7) is 8.40. The van der Waals surface area contributed by atoms with Gasteiger partial charge in [-0.3, -0.25) is 19.2 Å². The Kier molecular flexibility index (Phi) is 9.17. The van der Waals surface area contributed by atoms with Gasteiger partial charge < -0.3 is 28.4 Å². The SMILES string of the molecule is CO[C@@]1(c2cccc(C(C)C)c2)O[C@H](COC(C)=O)[C@@H](OC(C)=O)[C@H](OC(C)=O)[C@H]1OC(C)=O. The van der Waals surface area contributed by atoms with Crippen LogP contribution in [0, 0.1) is 0 Å². The van der Waals surface area contributed by atoms with Gasteiger partial charge in [-0.05, 0) is 11.5 Å². The second kappa shape index (κ2) is 11.4. The molecule has 0 radical (unpaired) electrons. The molecule has 1 aromatic carbocycles. The number of ether oxygens (including phenoxy) is 6. The zero-order valence-electron chi connectivity index (χ0n) is 20.5. The van der Waals surface area contributed by atoms with Crippen LogP contribution in [0.15, 0.2) is 24.3 Å². The summed E-state index contributed by atoms with van der Waals surface area (Å²) in [6.07, 6.45) is -5.07. The highest BCUT2D eigenvalue weighted by Crippen LogP contribution is 2.43. The molecule has 0 aromatic heterocycles. The van der Waals surface area contributed by atoms with Gasteiger partial charge in [0, 0.05) is 40.4 Å². The second-order valence-electron chi connectivity index (χ2n) is 8.29. The standard InChI is InChI=1S/C24H32O10/c1-13(2)18-9-8-10-19(11-18)24(29-7)23(33-17(6)28)22(32-16(5)27)21(31-15(4)26)20(34-24)12-30-14(3)25/h8-11,13,20-23H,12H2,1-7H3/t20-,21-,22+,23-,24+/m1/s1. The third-order valence-electron chi connectivity index (χ3n) is 5.30. The quantitative estimate of drug-likeness (QED) is 0.404. The van der Waals surface area contributed by atoms with Crippen molar-refractivity contribution >= 4 is 23.9 Å². The molecule has 1 aromatic rings. The van der Waals surface area contributed by atoms with Crippen molar-refractivity contribution in [2.24, 2.45) is 0 Å². The van der Waals surface area contributed by atoms with Crippen LogP contribution in [0.4, 0.5) is 0 Å². The van der Waals surface area contributed by atoms with E-state index in [2.05, 4.69) is 0 Å². The van der Waals surface area contributed by atoms with Crippen LogP contribution in [-0.4, -0.2) is 62.0 Å². The van der Waals surface area contributed by atoms with Gasteiger partial charge in [0.2, 0.25) is 11.9 Å². The Morgan fingerprint density at radius 3 is 2.00 bits per heavy atom. The molecule has 1 saturated heterocycles. The van der Waals surface area contributed by atoms with E-state index in [9.17, 15) is 19.2 Å². The van der Waals surface area contributed by atoms with Crippen molar-refractivity contribution in [3.05, 3.63) is 35.4 Å². The first-order valence-corrected chi connectivity index (χ1v) is 10.9. The molecular weight excluding hydrogens is 448 g/mol. The average Bonchev–Trinajstić information content (AvgIpc) is 2.74. The Balaban J connectivity index is 2.74. The maximum atomic E-state index is 12.1. The van der Waals surface area contributed by atoms with Crippen LogP contribution < -0.4 is 0 Å². The molecule has 0 bridgehead atoms. The van der Waals surface area contributed by atoms with Crippen molar-refractivity contribution in [3.8, 4) is 0 Å². The van der Waals surface area contributed by atoms with E-state index in [0.29, 0.717) is 5.56 Å². The van der Waals surface area contributed by atoms with E-state index in [1.165, 1.54) is 34.8 Å². The minimum atomic E-state index is -1.78. The van der Waals surface area contributed by atoms with Gasteiger partial charge in [-0.2, -0.15) is 0 Å². The van der Waals surface area contributed by atoms with Crippen molar-refractivity contribution in [1.29, 1.82) is 0 Å². The first-order chi connectivity index (χ1) is 15.9. The van der Waals surface area contributed by atoms with E-state index in [0.717, 1.165) is 5.56 Å². The molecule has 5 atom stereocenters. The van der Waals surface area contributed by atoms with Crippen LogP contribution in [0.1, 0.15) is 58.6 Å². The first kappa shape index (κ1) is 27.3. The highest BCUT2D eigenvalue weighted by molar-refractivity contribution is 5.69. The highest BCUT2D eigenvalue weighted by Gasteiger charge is 2.61. The molecule has 1 aliphatic rings. The van der Waals surface area contributed by atoms with Crippen molar-refractivity contribution in [2.75, 3.05) is 13.7 Å². The molecule has 1 fully saturated rings. The predicted molar refractivity (Wildman–Crippen MR) is 117 cm³/mol. The lowest BCUT2D eigenvalue weighted by atomic mass is 9.86. The molecule has 0 saturated carbocycles. The van der Waals surface area contributed by atoms with Crippen molar-refractivity contribution in [2.45, 2.75) is 77.7 Å². The van der Waals surface area contributed by atoms with Crippen LogP contribution in [0.25, 0.3) is 0 Å². The fourth-order valence-electron chi connectivity index (χ4n) is 3.89. The largest absolute Gasteiger partial charge is 0.463 e. The second-order valence-corrected chi connectivity index (χ2v) is 8.29. The lowest BCUT2D eigenvalue weighted by Crippen LogP contribution is -2.67. The van der Waals surface area contributed by atoms with Crippen molar-refractivity contribution in [1.82, 2.24) is 0 Å². The molecule has 0 unspecified atom stereocenters. The van der Waals surface area contributed by atoms with Crippen molar-refractivity contribution in [3.63, 3.8) is 0 Å². The summed E-state index contributed by atoms with van der Waals surface area (Å²) in [5.41, 5.74) is 1.42. The number of esters is 4. The molecule has 10 nitrogen and oxygen atoms in total. The van der Waals surface area contributed by atoms with E-state index < -0.39 is 54.1 Å². The molecule has 0 amide bonds. The number of hydrogen-bond donors (Lipinski definition) is 0. The lowest BCUT2D eigenvalue weighted by Gasteiger charge is -2.50. The van der Waals surface area contributed by atoms with E-state index in [1.54, 1.807) is 12.1 Å². The summed E-state index contributed by atoms with van der Waals surface area (Å²) in [6, 6.07) is 7.25. The average molecular weight is 481 g/mol. The van der Waals surface area contributed by atoms with Gasteiger partial charge >= 0.3 is 23.9 Å². The van der Waals surface area contributed by atoms with Crippen LogP contribution in [0.2, 0.25) is 0 Å². The van der Waals surface area contributed by atoms with Gasteiger partial charge in [0.1, 0.15) is 12.7 Å². The maximum Gasteiger partial charge on any atom is 0.303 e. The summed E-state index contributed by atoms with van der Waals surface area (Å²) in [5.74, 6) is -4.34. The fourth-order valence-corrected chi connectivity index (χ4v) is 3.89. The number of carbonyl (C=O) groups is 4. The molecule has 34 heavy (non-hydrogen) atoms. The number of benzene rings is 1. The number of hydrogen-bond acceptors (Lipinski definition) is 10. The summed E-state index contributed by atoms with van der Waals surface area (Å²) in [7, 11) is 1.35. The zero-order chi connectivity index (χ0) is 25.6. The van der Waals surface area contributed by atoms with Crippen LogP contribution >= 0.6 is 0 Å².